The molecule has 0 saturated heterocycles. The summed E-state index contributed by atoms with van der Waals surface area (Å²) in [7, 11) is 0. The van der Waals surface area contributed by atoms with Crippen molar-refractivity contribution in [2.75, 3.05) is 6.26 Å². The van der Waals surface area contributed by atoms with Gasteiger partial charge in [-0.25, -0.2) is 15.0 Å². The van der Waals surface area contributed by atoms with Gasteiger partial charge in [0, 0.05) is 22.8 Å². The molecule has 1 radical (unpaired) electrons. The van der Waals surface area contributed by atoms with Crippen molar-refractivity contribution >= 4 is 80.2 Å². The number of aryl methyl sites for hydroxylation is 6. The Balaban J connectivity index is 0.00000420. The number of hydrogen-bond donors (Lipinski definition) is 0. The largest absolute Gasteiger partial charge is 0.657 e. The molecule has 7 aromatic rings. The van der Waals surface area contributed by atoms with E-state index in [1.54, 1.807) is 0 Å². The summed E-state index contributed by atoms with van der Waals surface area (Å²) in [5.74, 6) is 0. The third-order valence-electron chi connectivity index (χ3n) is 9.45. The number of rotatable bonds is 4. The summed E-state index contributed by atoms with van der Waals surface area (Å²) in [6.45, 7) is 12.8. The standard InChI is InChI=1S/C42H33Cl2N6S.Cu/c1-20-16-22(3)34(23(4)17-20)36-28-10-8-26(45-28)27-9-11-29(46-27)37(35-24(5)18-21(2)19-25(35)6)31-13-15-33(48-31)38(32-14-12-30(36)47-32)39-40(43)49-42(51-7)50-41(39)44;/h8-19H,1-7H3;/q-3;. The van der Waals surface area contributed by atoms with E-state index in [4.69, 9.17) is 43.1 Å². The van der Waals surface area contributed by atoms with Crippen LogP contribution in [0.4, 0.5) is 0 Å². The molecule has 0 aliphatic carbocycles. The Labute approximate surface area is 327 Å². The molecule has 6 nitrogen and oxygen atoms in total. The normalized spacial score (nSPS) is 11.8. The van der Waals surface area contributed by atoms with E-state index in [1.165, 1.54) is 22.9 Å². The fourth-order valence-electron chi connectivity index (χ4n) is 7.57. The third-order valence-corrected chi connectivity index (χ3v) is 10.5. The maximum atomic E-state index is 6.96. The Kier molecular flexibility index (Phi) is 9.66. The quantitative estimate of drug-likeness (QED) is 0.0760. The Bertz CT molecular complexity index is 2670. The molecule has 10 heteroatoms. The molecule has 0 spiro atoms. The van der Waals surface area contributed by atoms with E-state index in [0.29, 0.717) is 27.3 Å². The zero-order chi connectivity index (χ0) is 35.7. The predicted octanol–water partition coefficient (Wildman–Crippen LogP) is 11.3. The Morgan fingerprint density at radius 3 is 1.29 bits per heavy atom. The molecule has 52 heavy (non-hydrogen) atoms. The van der Waals surface area contributed by atoms with Crippen LogP contribution in [-0.2, 0) is 17.1 Å². The van der Waals surface area contributed by atoms with Gasteiger partial charge in [0.25, 0.3) is 0 Å². The molecule has 265 valence electrons. The van der Waals surface area contributed by atoms with Crippen LogP contribution in [0.5, 0.6) is 0 Å². The molecule has 6 heterocycles. The molecule has 5 aromatic heterocycles. The topological polar surface area (TPSA) is 81.0 Å². The first-order chi connectivity index (χ1) is 24.5. The molecule has 8 rings (SSSR count). The minimum absolute atomic E-state index is 0. The van der Waals surface area contributed by atoms with Crippen LogP contribution in [0.15, 0.2) is 65.8 Å². The van der Waals surface area contributed by atoms with E-state index in [9.17, 15) is 0 Å². The predicted molar refractivity (Wildman–Crippen MR) is 214 cm³/mol. The molecule has 0 unspecified atom stereocenters. The first-order valence-electron chi connectivity index (χ1n) is 16.6. The van der Waals surface area contributed by atoms with Crippen LogP contribution < -0.4 is 15.0 Å². The summed E-state index contributed by atoms with van der Waals surface area (Å²) < 4.78 is 0. The molecule has 0 amide bonds. The smallest absolute Gasteiger partial charge is 0.190 e. The monoisotopic (exact) mass is 786 g/mol. The second-order valence-electron chi connectivity index (χ2n) is 13.2. The van der Waals surface area contributed by atoms with Crippen LogP contribution in [0.1, 0.15) is 44.8 Å². The average Bonchev–Trinajstić information content (AvgIpc) is 3.89. The molecular weight excluding hydrogens is 755 g/mol. The first kappa shape index (κ1) is 36.1. The van der Waals surface area contributed by atoms with Crippen LogP contribution in [-0.4, -0.2) is 21.2 Å². The van der Waals surface area contributed by atoms with Crippen molar-refractivity contribution < 1.29 is 17.1 Å². The van der Waals surface area contributed by atoms with Gasteiger partial charge < -0.3 is 15.0 Å². The van der Waals surface area contributed by atoms with Crippen molar-refractivity contribution in [3.8, 4) is 33.4 Å². The van der Waals surface area contributed by atoms with Crippen LogP contribution >= 0.6 is 35.0 Å². The molecule has 1 aliphatic heterocycles. The summed E-state index contributed by atoms with van der Waals surface area (Å²) >= 11 is 15.3. The van der Waals surface area contributed by atoms with Crippen LogP contribution in [0.25, 0.3) is 78.6 Å². The summed E-state index contributed by atoms with van der Waals surface area (Å²) in [4.78, 5) is 30.2. The fraction of sp³-hybridized carbons (Fsp3) is 0.167. The summed E-state index contributed by atoms with van der Waals surface area (Å²) in [6.07, 6.45) is 5.99. The van der Waals surface area contributed by atoms with Gasteiger partial charge in [0.2, 0.25) is 0 Å². The first-order valence-corrected chi connectivity index (χ1v) is 18.6. The van der Waals surface area contributed by atoms with Crippen molar-refractivity contribution in [1.82, 2.24) is 29.9 Å². The van der Waals surface area contributed by atoms with E-state index in [0.717, 1.165) is 78.0 Å². The minimum atomic E-state index is 0. The van der Waals surface area contributed by atoms with Gasteiger partial charge >= 0.3 is 0 Å². The Morgan fingerprint density at radius 2 is 0.827 bits per heavy atom. The second-order valence-corrected chi connectivity index (χ2v) is 14.7. The molecule has 1 aliphatic rings. The maximum absolute atomic E-state index is 6.96. The van der Waals surface area contributed by atoms with Gasteiger partial charge in [-0.15, -0.1) is 33.1 Å². The van der Waals surface area contributed by atoms with Crippen molar-refractivity contribution in [2.24, 2.45) is 0 Å². The number of fused-ring (bicyclic) bond motifs is 9. The minimum Gasteiger partial charge on any atom is -0.657 e. The van der Waals surface area contributed by atoms with Gasteiger partial charge in [0.1, 0.15) is 10.3 Å². The van der Waals surface area contributed by atoms with Crippen LogP contribution in [0, 0.1) is 41.5 Å². The van der Waals surface area contributed by atoms with E-state index in [2.05, 4.69) is 87.9 Å². The molecule has 0 N–H and O–H groups in total. The fourth-order valence-corrected chi connectivity index (χ4v) is 8.61. The van der Waals surface area contributed by atoms with E-state index in [1.807, 2.05) is 42.7 Å². The van der Waals surface area contributed by atoms with Crippen molar-refractivity contribution in [1.29, 1.82) is 0 Å². The van der Waals surface area contributed by atoms with Gasteiger partial charge in [-0.3, -0.25) is 0 Å². The molecule has 0 atom stereocenters. The number of thioether (sulfide) groups is 1. The molecular formula is C42H33Cl2CuN6S-3. The third kappa shape index (κ3) is 6.17. The number of hydrogen-bond acceptors (Lipinski definition) is 4. The number of nitrogens with zero attached hydrogens (tertiary/aromatic N) is 6. The maximum Gasteiger partial charge on any atom is 0.190 e. The van der Waals surface area contributed by atoms with Gasteiger partial charge in [-0.2, -0.15) is 0 Å². The Morgan fingerprint density at radius 1 is 0.462 bits per heavy atom. The van der Waals surface area contributed by atoms with Crippen molar-refractivity contribution in [3.05, 3.63) is 116 Å². The van der Waals surface area contributed by atoms with E-state index in [-0.39, 0.29) is 27.4 Å². The van der Waals surface area contributed by atoms with Gasteiger partial charge in [-0.05, 0) is 110 Å². The number of halogens is 2. The van der Waals surface area contributed by atoms with Gasteiger partial charge in [0.15, 0.2) is 5.16 Å². The average molecular weight is 788 g/mol. The zero-order valence-corrected chi connectivity index (χ0v) is 32.8. The second kappa shape index (κ2) is 13.9. The number of aromatic nitrogens is 6. The molecule has 8 bridgehead atoms. The van der Waals surface area contributed by atoms with Crippen molar-refractivity contribution in [2.45, 2.75) is 46.7 Å². The van der Waals surface area contributed by atoms with Crippen molar-refractivity contribution in [3.63, 3.8) is 0 Å². The number of benzene rings is 2. The van der Waals surface area contributed by atoms with Crippen LogP contribution in [0.3, 0.4) is 0 Å². The summed E-state index contributed by atoms with van der Waals surface area (Å²) in [5.41, 5.74) is 18.2. The molecule has 0 fully saturated rings. The Hall–Kier alpha value is -4.30. The molecule has 2 aromatic carbocycles. The van der Waals surface area contributed by atoms with E-state index < -0.39 is 0 Å². The van der Waals surface area contributed by atoms with Gasteiger partial charge in [-0.1, -0.05) is 107 Å². The SMILES string of the molecule is CSc1nc(Cl)c(-c2c3ccc([n-]3)c(-c3c(C)cc(C)cc3C)c3nc(c4ccc([n-]4)c(-c4c(C)cc(C)cc4C)c4ccc2[n-]4)C=C3)c(Cl)n1.[Cu]. The summed E-state index contributed by atoms with van der Waals surface area (Å²) in [5, 5.41) is 0.946. The van der Waals surface area contributed by atoms with Gasteiger partial charge in [0.05, 0.1) is 11.3 Å². The summed E-state index contributed by atoms with van der Waals surface area (Å²) in [6, 6.07) is 21.0. The molecule has 0 saturated carbocycles. The van der Waals surface area contributed by atoms with E-state index >= 15 is 0 Å². The van der Waals surface area contributed by atoms with Crippen LogP contribution in [0.2, 0.25) is 10.3 Å². The zero-order valence-electron chi connectivity index (χ0n) is 29.6.